The van der Waals surface area contributed by atoms with E-state index in [9.17, 15) is 4.79 Å². The molecule has 2 aliphatic heterocycles. The van der Waals surface area contributed by atoms with Gasteiger partial charge in [0, 0.05) is 30.3 Å². The molecule has 0 unspecified atom stereocenters. The van der Waals surface area contributed by atoms with Gasteiger partial charge in [-0.2, -0.15) is 0 Å². The van der Waals surface area contributed by atoms with Gasteiger partial charge in [-0.15, -0.1) is 22.0 Å². The number of amides is 1. The average molecular weight is 342 g/mol. The number of aryl methyl sites for hydroxylation is 3. The van der Waals surface area contributed by atoms with Gasteiger partial charge in [0.15, 0.2) is 0 Å². The first kappa shape index (κ1) is 15.7. The van der Waals surface area contributed by atoms with Crippen LogP contribution in [-0.4, -0.2) is 32.0 Å². The Balaban J connectivity index is 1.41. The first-order valence-electron chi connectivity index (χ1n) is 8.61. The van der Waals surface area contributed by atoms with Crippen molar-refractivity contribution in [1.82, 2.24) is 20.1 Å². The van der Waals surface area contributed by atoms with Crippen molar-refractivity contribution in [3.8, 4) is 0 Å². The topological polar surface area (TPSA) is 59.8 Å². The van der Waals surface area contributed by atoms with E-state index in [1.165, 1.54) is 16.0 Å². The third kappa shape index (κ3) is 2.83. The Labute approximate surface area is 146 Å². The van der Waals surface area contributed by atoms with Crippen molar-refractivity contribution in [3.05, 3.63) is 41.0 Å². The summed E-state index contributed by atoms with van der Waals surface area (Å²) < 4.78 is 2.17. The molecular formula is C18H22N4OS. The lowest BCUT2D eigenvalue weighted by Crippen LogP contribution is -2.44. The lowest BCUT2D eigenvalue weighted by Gasteiger charge is -2.26. The predicted octanol–water partition coefficient (Wildman–Crippen LogP) is 2.30. The van der Waals surface area contributed by atoms with Crippen LogP contribution in [0.25, 0.3) is 0 Å². The maximum atomic E-state index is 12.7. The number of aromatic nitrogens is 3. The molecule has 0 spiro atoms. The molecule has 0 fully saturated rings. The van der Waals surface area contributed by atoms with Crippen molar-refractivity contribution in [1.29, 1.82) is 0 Å². The summed E-state index contributed by atoms with van der Waals surface area (Å²) in [4.78, 5) is 14.0. The van der Waals surface area contributed by atoms with Gasteiger partial charge in [0.05, 0.1) is 5.25 Å². The molecule has 1 amide bonds. The second-order valence-corrected chi connectivity index (χ2v) is 7.91. The van der Waals surface area contributed by atoms with Crippen LogP contribution in [0.15, 0.2) is 23.1 Å². The number of rotatable bonds is 3. The van der Waals surface area contributed by atoms with Gasteiger partial charge >= 0.3 is 0 Å². The van der Waals surface area contributed by atoms with Gasteiger partial charge in [-0.1, -0.05) is 24.6 Å². The van der Waals surface area contributed by atoms with Crippen LogP contribution in [0.4, 0.5) is 0 Å². The molecule has 0 radical (unpaired) electrons. The molecule has 24 heavy (non-hydrogen) atoms. The zero-order valence-electron chi connectivity index (χ0n) is 14.1. The molecule has 2 aromatic rings. The summed E-state index contributed by atoms with van der Waals surface area (Å²) in [6.45, 7) is 4.98. The Morgan fingerprint density at radius 3 is 3.12 bits per heavy atom. The summed E-state index contributed by atoms with van der Waals surface area (Å²) in [5, 5.41) is 11.7. The smallest absolute Gasteiger partial charge is 0.234 e. The number of hydrogen-bond acceptors (Lipinski definition) is 4. The molecule has 0 bridgehead atoms. The number of nitrogens with zero attached hydrogens (tertiary/aromatic N) is 3. The van der Waals surface area contributed by atoms with E-state index < -0.39 is 0 Å². The van der Waals surface area contributed by atoms with Crippen LogP contribution in [0.3, 0.4) is 0 Å². The van der Waals surface area contributed by atoms with Gasteiger partial charge in [-0.25, -0.2) is 0 Å². The average Bonchev–Trinajstić information content (AvgIpc) is 3.17. The Kier molecular flexibility index (Phi) is 4.08. The van der Waals surface area contributed by atoms with Crippen LogP contribution < -0.4 is 5.32 Å². The summed E-state index contributed by atoms with van der Waals surface area (Å²) in [5.41, 5.74) is 2.55. The number of carbonyl (C=O) groups is 1. The minimum atomic E-state index is -0.00486. The molecule has 1 aromatic carbocycles. The van der Waals surface area contributed by atoms with Gasteiger partial charge in [0.25, 0.3) is 0 Å². The highest BCUT2D eigenvalue weighted by Gasteiger charge is 2.31. The third-order valence-electron chi connectivity index (χ3n) is 4.88. The van der Waals surface area contributed by atoms with E-state index in [0.717, 1.165) is 43.9 Å². The standard InChI is InChI=1S/C18H22N4OS/c1-3-16-20-21-17-7-6-13(10-22(16)17)19-18(23)15-9-12-5-4-11(2)8-14(12)24-15/h4-5,8,13,15H,3,6-7,9-10H2,1-2H3,(H,19,23)/t13-,15+/m1/s1. The SMILES string of the molecule is CCc1nnc2n1C[C@H](NC(=O)[C@@H]1Cc3ccc(C)cc3S1)CC2. The van der Waals surface area contributed by atoms with Gasteiger partial charge in [0.2, 0.25) is 5.91 Å². The molecule has 2 aliphatic rings. The molecule has 5 nitrogen and oxygen atoms in total. The van der Waals surface area contributed by atoms with E-state index in [1.807, 2.05) is 0 Å². The second kappa shape index (κ2) is 6.24. The Morgan fingerprint density at radius 2 is 2.29 bits per heavy atom. The number of hydrogen-bond donors (Lipinski definition) is 1. The first-order chi connectivity index (χ1) is 11.6. The minimum Gasteiger partial charge on any atom is -0.351 e. The highest BCUT2D eigenvalue weighted by molar-refractivity contribution is 8.01. The van der Waals surface area contributed by atoms with Crippen LogP contribution in [0.2, 0.25) is 0 Å². The van der Waals surface area contributed by atoms with Crippen molar-refractivity contribution in [2.45, 2.75) is 62.3 Å². The molecule has 0 saturated carbocycles. The summed E-state index contributed by atoms with van der Waals surface area (Å²) in [5.74, 6) is 2.23. The molecule has 1 aromatic heterocycles. The summed E-state index contributed by atoms with van der Waals surface area (Å²) in [6.07, 6.45) is 3.53. The molecule has 2 atom stereocenters. The predicted molar refractivity (Wildman–Crippen MR) is 94.2 cm³/mol. The fraction of sp³-hybridized carbons (Fsp3) is 0.500. The zero-order valence-corrected chi connectivity index (χ0v) is 14.9. The van der Waals surface area contributed by atoms with Crippen LogP contribution >= 0.6 is 11.8 Å². The summed E-state index contributed by atoms with van der Waals surface area (Å²) in [7, 11) is 0. The van der Waals surface area contributed by atoms with E-state index >= 15 is 0 Å². The summed E-state index contributed by atoms with van der Waals surface area (Å²) >= 11 is 1.70. The van der Waals surface area contributed by atoms with Crippen LogP contribution in [0.5, 0.6) is 0 Å². The Bertz CT molecular complexity index is 772. The molecule has 3 heterocycles. The molecule has 0 aliphatic carbocycles. The van der Waals surface area contributed by atoms with Crippen molar-refractivity contribution in [2.75, 3.05) is 0 Å². The fourth-order valence-corrected chi connectivity index (χ4v) is 4.84. The maximum Gasteiger partial charge on any atom is 0.234 e. The lowest BCUT2D eigenvalue weighted by atomic mass is 10.1. The van der Waals surface area contributed by atoms with Crippen molar-refractivity contribution < 1.29 is 4.79 Å². The van der Waals surface area contributed by atoms with E-state index in [2.05, 4.69) is 52.1 Å². The maximum absolute atomic E-state index is 12.7. The fourth-order valence-electron chi connectivity index (χ4n) is 3.54. The minimum absolute atomic E-state index is 0.00486. The summed E-state index contributed by atoms with van der Waals surface area (Å²) in [6, 6.07) is 6.64. The molecular weight excluding hydrogens is 320 g/mol. The van der Waals surface area contributed by atoms with E-state index in [1.54, 1.807) is 11.8 Å². The highest BCUT2D eigenvalue weighted by Crippen LogP contribution is 2.37. The molecule has 126 valence electrons. The normalized spacial score (nSPS) is 22.1. The number of nitrogens with one attached hydrogen (secondary N) is 1. The lowest BCUT2D eigenvalue weighted by molar-refractivity contribution is -0.121. The zero-order chi connectivity index (χ0) is 16.7. The first-order valence-corrected chi connectivity index (χ1v) is 9.49. The van der Waals surface area contributed by atoms with Gasteiger partial charge in [-0.3, -0.25) is 4.79 Å². The Hall–Kier alpha value is -1.82. The monoisotopic (exact) mass is 342 g/mol. The van der Waals surface area contributed by atoms with Crippen molar-refractivity contribution >= 4 is 17.7 Å². The third-order valence-corrected chi connectivity index (χ3v) is 6.17. The Morgan fingerprint density at radius 1 is 1.42 bits per heavy atom. The molecule has 1 N–H and O–H groups in total. The number of fused-ring (bicyclic) bond motifs is 2. The highest BCUT2D eigenvalue weighted by atomic mass is 32.2. The van der Waals surface area contributed by atoms with Gasteiger partial charge in [0.1, 0.15) is 11.6 Å². The second-order valence-electron chi connectivity index (χ2n) is 6.66. The molecule has 6 heteroatoms. The van der Waals surface area contributed by atoms with E-state index in [0.29, 0.717) is 0 Å². The number of thioether (sulfide) groups is 1. The van der Waals surface area contributed by atoms with Crippen molar-refractivity contribution in [3.63, 3.8) is 0 Å². The van der Waals surface area contributed by atoms with Crippen LogP contribution in [0.1, 0.15) is 36.1 Å². The quantitative estimate of drug-likeness (QED) is 0.930. The van der Waals surface area contributed by atoms with Gasteiger partial charge in [-0.05, 0) is 31.4 Å². The van der Waals surface area contributed by atoms with E-state index in [4.69, 9.17) is 0 Å². The van der Waals surface area contributed by atoms with Gasteiger partial charge < -0.3 is 9.88 Å². The molecule has 0 saturated heterocycles. The number of benzene rings is 1. The van der Waals surface area contributed by atoms with Crippen LogP contribution in [-0.2, 0) is 30.6 Å². The van der Waals surface area contributed by atoms with Crippen LogP contribution in [0, 0.1) is 6.92 Å². The molecule has 4 rings (SSSR count). The number of carbonyl (C=O) groups excluding carboxylic acids is 1. The van der Waals surface area contributed by atoms with Crippen molar-refractivity contribution in [2.24, 2.45) is 0 Å². The van der Waals surface area contributed by atoms with E-state index in [-0.39, 0.29) is 17.2 Å². The largest absolute Gasteiger partial charge is 0.351 e.